The number of esters is 2. The van der Waals surface area contributed by atoms with E-state index in [9.17, 15) is 14.4 Å². The highest BCUT2D eigenvalue weighted by atomic mass is 16.8. The molecule has 2 aliphatic carbocycles. The van der Waals surface area contributed by atoms with Gasteiger partial charge in [0.25, 0.3) is 0 Å². The van der Waals surface area contributed by atoms with Gasteiger partial charge in [0.1, 0.15) is 18.1 Å². The largest absolute Gasteiger partial charge is 0.472 e. The van der Waals surface area contributed by atoms with Crippen molar-refractivity contribution in [3.8, 4) is 0 Å². The zero-order valence-corrected chi connectivity index (χ0v) is 19.2. The lowest BCUT2D eigenvalue weighted by Gasteiger charge is -2.69. The van der Waals surface area contributed by atoms with Crippen molar-refractivity contribution in [2.75, 3.05) is 13.2 Å². The molecule has 0 unspecified atom stereocenters. The van der Waals surface area contributed by atoms with E-state index in [4.69, 9.17) is 28.1 Å². The predicted octanol–water partition coefficient (Wildman–Crippen LogP) is 2.40. The number of ether oxygens (including phenoxy) is 5. The summed E-state index contributed by atoms with van der Waals surface area (Å²) in [6.07, 6.45) is 3.85. The lowest BCUT2D eigenvalue weighted by molar-refractivity contribution is -0.421. The molecule has 33 heavy (non-hydrogen) atoms. The van der Waals surface area contributed by atoms with Crippen LogP contribution >= 0.6 is 0 Å². The minimum Gasteiger partial charge on any atom is -0.472 e. The molecule has 5 aliphatic rings. The maximum Gasteiger partial charge on any atom is 0.302 e. The maximum atomic E-state index is 13.4. The quantitative estimate of drug-likeness (QED) is 0.493. The smallest absolute Gasteiger partial charge is 0.302 e. The van der Waals surface area contributed by atoms with Gasteiger partial charge in [0, 0.05) is 44.1 Å². The molecule has 2 bridgehead atoms. The molecular formula is C24H28O9. The van der Waals surface area contributed by atoms with Gasteiger partial charge in [-0.1, -0.05) is 6.92 Å². The fourth-order valence-electron chi connectivity index (χ4n) is 7.78. The second-order valence-corrected chi connectivity index (χ2v) is 10.6. The van der Waals surface area contributed by atoms with Gasteiger partial charge in [0.05, 0.1) is 30.3 Å². The zero-order chi connectivity index (χ0) is 23.5. The summed E-state index contributed by atoms with van der Waals surface area (Å²) in [4.78, 5) is 37.7. The average Bonchev–Trinajstić information content (AvgIpc) is 3.12. The van der Waals surface area contributed by atoms with Crippen LogP contribution in [-0.2, 0) is 43.9 Å². The molecule has 1 aromatic heterocycles. The number of rotatable bonds is 4. The van der Waals surface area contributed by atoms with Crippen LogP contribution in [0.3, 0.4) is 0 Å². The highest BCUT2D eigenvalue weighted by Gasteiger charge is 2.93. The molecule has 0 amide bonds. The molecule has 1 aromatic rings. The Morgan fingerprint density at radius 3 is 2.55 bits per heavy atom. The molecule has 0 radical (unpaired) electrons. The van der Waals surface area contributed by atoms with E-state index in [1.165, 1.54) is 13.8 Å². The van der Waals surface area contributed by atoms with Crippen LogP contribution in [-0.4, -0.2) is 53.8 Å². The summed E-state index contributed by atoms with van der Waals surface area (Å²) in [5.74, 6) is -2.14. The third-order valence-electron chi connectivity index (χ3n) is 9.30. The van der Waals surface area contributed by atoms with Crippen molar-refractivity contribution in [1.29, 1.82) is 0 Å². The molecule has 2 spiro atoms. The molecule has 3 aliphatic heterocycles. The zero-order valence-electron chi connectivity index (χ0n) is 19.2. The van der Waals surface area contributed by atoms with E-state index < -0.39 is 51.5 Å². The van der Waals surface area contributed by atoms with E-state index >= 15 is 0 Å². The maximum absolute atomic E-state index is 13.4. The lowest BCUT2D eigenvalue weighted by Crippen LogP contribution is -2.82. The van der Waals surface area contributed by atoms with Gasteiger partial charge in [-0.3, -0.25) is 14.4 Å². The Morgan fingerprint density at radius 1 is 1.18 bits per heavy atom. The average molecular weight is 460 g/mol. The second kappa shape index (κ2) is 6.06. The van der Waals surface area contributed by atoms with E-state index in [0.717, 1.165) is 5.56 Å². The Balaban J connectivity index is 1.62. The second-order valence-electron chi connectivity index (χ2n) is 10.6. The summed E-state index contributed by atoms with van der Waals surface area (Å²) in [7, 11) is 0. The number of Topliss-reactive ketones (excluding diaryl/α,β-unsaturated/α-hetero) is 1. The Morgan fingerprint density at radius 2 is 1.94 bits per heavy atom. The molecule has 178 valence electrons. The first-order valence-corrected chi connectivity index (χ1v) is 11.4. The Labute approximate surface area is 191 Å². The minimum absolute atomic E-state index is 0.0747. The molecule has 9 nitrogen and oxygen atoms in total. The van der Waals surface area contributed by atoms with Crippen molar-refractivity contribution >= 4 is 17.7 Å². The molecule has 7 atom stereocenters. The number of hydrogen-bond acceptors (Lipinski definition) is 9. The van der Waals surface area contributed by atoms with Gasteiger partial charge in [0.2, 0.25) is 0 Å². The lowest BCUT2D eigenvalue weighted by atomic mass is 9.40. The first-order chi connectivity index (χ1) is 15.5. The summed E-state index contributed by atoms with van der Waals surface area (Å²) in [5.41, 5.74) is -4.04. The van der Waals surface area contributed by atoms with Gasteiger partial charge in [-0.2, -0.15) is 0 Å². The number of fused-ring (bicyclic) bond motifs is 2. The molecule has 9 heteroatoms. The minimum atomic E-state index is -1.24. The molecular weight excluding hydrogens is 432 g/mol. The first-order valence-electron chi connectivity index (χ1n) is 11.4. The van der Waals surface area contributed by atoms with Crippen LogP contribution in [0, 0.1) is 10.8 Å². The van der Waals surface area contributed by atoms with Crippen molar-refractivity contribution in [2.45, 2.75) is 82.1 Å². The Kier molecular flexibility index (Phi) is 3.91. The third kappa shape index (κ3) is 2.17. The van der Waals surface area contributed by atoms with E-state index in [1.54, 1.807) is 12.5 Å². The fourth-order valence-corrected chi connectivity index (χ4v) is 7.78. The van der Waals surface area contributed by atoms with Gasteiger partial charge in [0.15, 0.2) is 17.2 Å². The van der Waals surface area contributed by atoms with Crippen molar-refractivity contribution in [3.63, 3.8) is 0 Å². The molecule has 4 heterocycles. The number of carbonyl (C=O) groups is 3. The number of epoxide rings is 1. The van der Waals surface area contributed by atoms with Gasteiger partial charge in [-0.15, -0.1) is 0 Å². The van der Waals surface area contributed by atoms with Crippen LogP contribution in [0.25, 0.3) is 0 Å². The summed E-state index contributed by atoms with van der Waals surface area (Å²) in [6.45, 7) is 6.80. The topological polar surface area (TPSA) is 114 Å². The van der Waals surface area contributed by atoms with E-state index in [2.05, 4.69) is 6.92 Å². The number of carbonyl (C=O) groups excluding carboxylic acids is 3. The van der Waals surface area contributed by atoms with Gasteiger partial charge < -0.3 is 28.1 Å². The van der Waals surface area contributed by atoms with Crippen LogP contribution in [0.5, 0.6) is 0 Å². The van der Waals surface area contributed by atoms with Crippen molar-refractivity contribution in [1.82, 2.24) is 0 Å². The summed E-state index contributed by atoms with van der Waals surface area (Å²) >= 11 is 0. The van der Waals surface area contributed by atoms with Gasteiger partial charge in [-0.25, -0.2) is 0 Å². The summed E-state index contributed by atoms with van der Waals surface area (Å²) < 4.78 is 36.5. The van der Waals surface area contributed by atoms with Crippen LogP contribution in [0.2, 0.25) is 0 Å². The molecule has 2 saturated carbocycles. The number of furan rings is 1. The highest BCUT2D eigenvalue weighted by Crippen LogP contribution is 2.81. The van der Waals surface area contributed by atoms with Crippen molar-refractivity contribution < 1.29 is 42.5 Å². The molecule has 6 rings (SSSR count). The third-order valence-corrected chi connectivity index (χ3v) is 9.30. The van der Waals surface area contributed by atoms with Gasteiger partial charge >= 0.3 is 11.9 Å². The standard InChI is InChI=1S/C24H28O9/c1-14(25)29-12-21-18(31-15(2)26)9-20(4)19(3)11-23(32-20,16-6-8-28-10-16)33-24(19,21)7-5-17(27)22(21)13-30-22/h6,8,10,18H,5,7,9,11-13H2,1-4H3/t18-,19-,20-,21-,22+,23-,24-/m0/s1. The molecule has 0 aromatic carbocycles. The van der Waals surface area contributed by atoms with Crippen LogP contribution < -0.4 is 0 Å². The van der Waals surface area contributed by atoms with Crippen molar-refractivity contribution in [2.24, 2.45) is 10.8 Å². The van der Waals surface area contributed by atoms with Crippen LogP contribution in [0.4, 0.5) is 0 Å². The van der Waals surface area contributed by atoms with Gasteiger partial charge in [-0.05, 0) is 19.4 Å². The van der Waals surface area contributed by atoms with E-state index in [0.29, 0.717) is 19.3 Å². The Bertz CT molecular complexity index is 1060. The summed E-state index contributed by atoms with van der Waals surface area (Å²) in [5, 5.41) is 0. The molecule has 3 saturated heterocycles. The molecule has 5 fully saturated rings. The number of hydrogen-bond donors (Lipinski definition) is 0. The normalized spacial score (nSPS) is 49.1. The van der Waals surface area contributed by atoms with E-state index in [-0.39, 0.29) is 25.4 Å². The van der Waals surface area contributed by atoms with Crippen LogP contribution in [0.15, 0.2) is 23.0 Å². The predicted molar refractivity (Wildman–Crippen MR) is 109 cm³/mol. The monoisotopic (exact) mass is 460 g/mol. The van der Waals surface area contributed by atoms with E-state index in [1.807, 2.05) is 13.0 Å². The highest BCUT2D eigenvalue weighted by molar-refractivity contribution is 5.93. The fraction of sp³-hybridized carbons (Fsp3) is 0.708. The number of ketones is 1. The molecule has 0 N–H and O–H groups in total. The van der Waals surface area contributed by atoms with Crippen LogP contribution in [0.1, 0.15) is 58.9 Å². The Hall–Kier alpha value is -2.23. The first kappa shape index (κ1) is 21.3. The summed E-state index contributed by atoms with van der Waals surface area (Å²) in [6, 6.07) is 1.82. The SMILES string of the molecule is CC(=O)OC[C@@]12[C@@H](OC(C)=O)C[C@]3(C)O[C@@]4(c5ccoc5)C[C@]3(C)[C@]1(CCC(=O)[C@]21CO1)O4. The van der Waals surface area contributed by atoms with Crippen molar-refractivity contribution in [3.05, 3.63) is 24.2 Å².